The lowest BCUT2D eigenvalue weighted by molar-refractivity contribution is -0.122. The lowest BCUT2D eigenvalue weighted by Crippen LogP contribution is -2.28. The summed E-state index contributed by atoms with van der Waals surface area (Å²) in [6, 6.07) is 12.8. The van der Waals surface area contributed by atoms with Crippen LogP contribution in [0.2, 0.25) is 0 Å². The van der Waals surface area contributed by atoms with Gasteiger partial charge in [0.15, 0.2) is 5.17 Å². The number of aliphatic imine (C=N–C) groups is 1. The van der Waals surface area contributed by atoms with Crippen molar-refractivity contribution < 1.29 is 19.8 Å². The van der Waals surface area contributed by atoms with Crippen molar-refractivity contribution in [1.29, 1.82) is 0 Å². The predicted octanol–water partition coefficient (Wildman–Crippen LogP) is 3.71. The molecule has 2 aromatic rings. The van der Waals surface area contributed by atoms with E-state index in [1.165, 1.54) is 23.9 Å². The molecular weight excluding hydrogens is 352 g/mol. The zero-order valence-corrected chi connectivity index (χ0v) is 14.7. The van der Waals surface area contributed by atoms with Crippen LogP contribution in [0.15, 0.2) is 58.4 Å². The number of rotatable bonds is 4. The number of nitrogens with zero attached hydrogens (tertiary/aromatic N) is 2. The minimum atomic E-state index is -0.996. The predicted molar refractivity (Wildman–Crippen MR) is 102 cm³/mol. The summed E-state index contributed by atoms with van der Waals surface area (Å²) in [5, 5.41) is 18.9. The molecule has 132 valence electrons. The van der Waals surface area contributed by atoms with Crippen LogP contribution in [0.25, 0.3) is 6.08 Å². The molecule has 0 spiro atoms. The summed E-state index contributed by atoms with van der Waals surface area (Å²) in [7, 11) is 0. The van der Waals surface area contributed by atoms with Gasteiger partial charge in [-0.2, -0.15) is 0 Å². The Bertz CT molecular complexity index is 902. The van der Waals surface area contributed by atoms with Crippen molar-refractivity contribution in [3.63, 3.8) is 0 Å². The third-order valence-corrected chi connectivity index (χ3v) is 4.74. The van der Waals surface area contributed by atoms with Gasteiger partial charge in [-0.25, -0.2) is 9.79 Å². The second-order valence-corrected chi connectivity index (χ2v) is 6.51. The molecule has 1 aliphatic heterocycles. The highest BCUT2D eigenvalue weighted by molar-refractivity contribution is 8.18. The molecular formula is C19H16N2O4S. The lowest BCUT2D eigenvalue weighted by Gasteiger charge is -2.12. The molecule has 26 heavy (non-hydrogen) atoms. The zero-order valence-electron chi connectivity index (χ0n) is 13.9. The van der Waals surface area contributed by atoms with Crippen molar-refractivity contribution in [1.82, 2.24) is 4.90 Å². The molecule has 1 fully saturated rings. The maximum Gasteiger partial charge on any atom is 0.335 e. The molecule has 0 radical (unpaired) electrons. The highest BCUT2D eigenvalue weighted by Gasteiger charge is 2.32. The number of phenols is 1. The van der Waals surface area contributed by atoms with E-state index in [9.17, 15) is 14.7 Å². The lowest BCUT2D eigenvalue weighted by atomic mass is 10.2. The summed E-state index contributed by atoms with van der Waals surface area (Å²) in [6.45, 7) is 2.34. The monoisotopic (exact) mass is 368 g/mol. The van der Waals surface area contributed by atoms with Crippen LogP contribution in [-0.4, -0.2) is 38.7 Å². The molecule has 0 saturated carbocycles. The summed E-state index contributed by atoms with van der Waals surface area (Å²) in [5.41, 5.74) is 1.57. The SMILES string of the molecule is CCN1C(=O)C(=Cc2ccc(O)cc2)SC1=Nc1ccc(C(=O)O)cc1. The van der Waals surface area contributed by atoms with Gasteiger partial charge in [0.05, 0.1) is 16.2 Å². The van der Waals surface area contributed by atoms with Crippen molar-refractivity contribution >= 4 is 40.6 Å². The average molecular weight is 368 g/mol. The Morgan fingerprint density at radius 1 is 1.15 bits per heavy atom. The number of thioether (sulfide) groups is 1. The molecule has 3 rings (SSSR count). The van der Waals surface area contributed by atoms with Gasteiger partial charge in [-0.1, -0.05) is 12.1 Å². The van der Waals surface area contributed by atoms with Crippen molar-refractivity contribution in [3.8, 4) is 5.75 Å². The van der Waals surface area contributed by atoms with Gasteiger partial charge in [0.1, 0.15) is 5.75 Å². The van der Waals surface area contributed by atoms with Gasteiger partial charge in [0.25, 0.3) is 5.91 Å². The van der Waals surface area contributed by atoms with E-state index in [-0.39, 0.29) is 17.2 Å². The first-order chi connectivity index (χ1) is 12.5. The minimum Gasteiger partial charge on any atom is -0.508 e. The molecule has 0 atom stereocenters. The van der Waals surface area contributed by atoms with E-state index in [1.54, 1.807) is 47.4 Å². The number of aromatic hydroxyl groups is 1. The van der Waals surface area contributed by atoms with Crippen LogP contribution in [0.5, 0.6) is 5.75 Å². The molecule has 1 aliphatic rings. The highest BCUT2D eigenvalue weighted by atomic mass is 32.2. The molecule has 0 bridgehead atoms. The van der Waals surface area contributed by atoms with Crippen molar-refractivity contribution in [2.24, 2.45) is 4.99 Å². The van der Waals surface area contributed by atoms with Gasteiger partial charge in [0, 0.05) is 6.54 Å². The van der Waals surface area contributed by atoms with E-state index in [0.29, 0.717) is 22.3 Å². The number of hydrogen-bond acceptors (Lipinski definition) is 5. The van der Waals surface area contributed by atoms with Gasteiger partial charge >= 0.3 is 5.97 Å². The molecule has 1 heterocycles. The van der Waals surface area contributed by atoms with Crippen LogP contribution in [0.4, 0.5) is 5.69 Å². The van der Waals surface area contributed by atoms with E-state index in [4.69, 9.17) is 5.11 Å². The van der Waals surface area contributed by atoms with Crippen LogP contribution in [0.3, 0.4) is 0 Å². The van der Waals surface area contributed by atoms with Gasteiger partial charge < -0.3 is 10.2 Å². The topological polar surface area (TPSA) is 90.2 Å². The minimum absolute atomic E-state index is 0.133. The molecule has 0 aliphatic carbocycles. The molecule has 0 unspecified atom stereocenters. The number of carbonyl (C=O) groups is 2. The van der Waals surface area contributed by atoms with Crippen LogP contribution < -0.4 is 0 Å². The summed E-state index contributed by atoms with van der Waals surface area (Å²) in [5.74, 6) is -0.963. The Kier molecular flexibility index (Phi) is 5.09. The third kappa shape index (κ3) is 3.78. The first-order valence-corrected chi connectivity index (χ1v) is 8.72. The fourth-order valence-corrected chi connectivity index (χ4v) is 3.44. The Hall–Kier alpha value is -3.06. The molecule has 1 saturated heterocycles. The zero-order chi connectivity index (χ0) is 18.7. The van der Waals surface area contributed by atoms with Crippen molar-refractivity contribution in [2.75, 3.05) is 6.54 Å². The van der Waals surface area contributed by atoms with Crippen LogP contribution in [-0.2, 0) is 4.79 Å². The maximum absolute atomic E-state index is 12.6. The van der Waals surface area contributed by atoms with Gasteiger partial charge in [0.2, 0.25) is 0 Å². The Morgan fingerprint density at radius 2 is 1.81 bits per heavy atom. The molecule has 6 nitrogen and oxygen atoms in total. The number of aromatic carboxylic acids is 1. The van der Waals surface area contributed by atoms with Gasteiger partial charge in [-0.05, 0) is 66.7 Å². The number of benzene rings is 2. The van der Waals surface area contributed by atoms with Gasteiger partial charge in [-0.3, -0.25) is 9.69 Å². The quantitative estimate of drug-likeness (QED) is 0.803. The highest BCUT2D eigenvalue weighted by Crippen LogP contribution is 2.34. The average Bonchev–Trinajstić information content (AvgIpc) is 2.92. The molecule has 0 aromatic heterocycles. The van der Waals surface area contributed by atoms with Crippen LogP contribution >= 0.6 is 11.8 Å². The number of carboxylic acid groups (broad SMARTS) is 1. The van der Waals surface area contributed by atoms with Crippen molar-refractivity contribution in [2.45, 2.75) is 6.92 Å². The number of amidine groups is 1. The Balaban J connectivity index is 1.89. The second kappa shape index (κ2) is 7.45. The fourth-order valence-electron chi connectivity index (χ4n) is 2.38. The van der Waals surface area contributed by atoms with E-state index < -0.39 is 5.97 Å². The molecule has 2 aromatic carbocycles. The van der Waals surface area contributed by atoms with Crippen LogP contribution in [0.1, 0.15) is 22.8 Å². The standard InChI is InChI=1S/C19H16N2O4S/c1-2-21-17(23)16(11-12-3-9-15(22)10-4-12)26-19(21)20-14-7-5-13(6-8-14)18(24)25/h3-11,22H,2H2,1H3,(H,24,25). The number of amides is 1. The first-order valence-electron chi connectivity index (χ1n) is 7.90. The van der Waals surface area contributed by atoms with Crippen LogP contribution in [0, 0.1) is 0 Å². The molecule has 2 N–H and O–H groups in total. The fraction of sp³-hybridized carbons (Fsp3) is 0.105. The number of hydrogen-bond donors (Lipinski definition) is 2. The maximum atomic E-state index is 12.6. The number of carboxylic acids is 1. The number of phenolic OH excluding ortho intramolecular Hbond substituents is 1. The first kappa shape index (κ1) is 17.8. The largest absolute Gasteiger partial charge is 0.508 e. The summed E-state index contributed by atoms with van der Waals surface area (Å²) in [4.78, 5) is 30.1. The summed E-state index contributed by atoms with van der Waals surface area (Å²) in [6.07, 6.45) is 1.76. The Morgan fingerprint density at radius 3 is 2.38 bits per heavy atom. The normalized spacial score (nSPS) is 17.3. The van der Waals surface area contributed by atoms with E-state index in [1.807, 2.05) is 6.92 Å². The third-order valence-electron chi connectivity index (χ3n) is 3.73. The van der Waals surface area contributed by atoms with E-state index in [0.717, 1.165) is 5.56 Å². The number of carbonyl (C=O) groups excluding carboxylic acids is 1. The smallest absolute Gasteiger partial charge is 0.335 e. The molecule has 1 amide bonds. The van der Waals surface area contributed by atoms with E-state index >= 15 is 0 Å². The summed E-state index contributed by atoms with van der Waals surface area (Å²) >= 11 is 1.26. The summed E-state index contributed by atoms with van der Waals surface area (Å²) < 4.78 is 0. The van der Waals surface area contributed by atoms with E-state index in [2.05, 4.69) is 4.99 Å². The molecule has 7 heteroatoms. The Labute approximate surface area is 154 Å². The van der Waals surface area contributed by atoms with Crippen molar-refractivity contribution in [3.05, 3.63) is 64.6 Å². The number of likely N-dealkylation sites (N-methyl/N-ethyl adjacent to an activating group) is 1. The van der Waals surface area contributed by atoms with Gasteiger partial charge in [-0.15, -0.1) is 0 Å². The second-order valence-electron chi connectivity index (χ2n) is 5.50.